The summed E-state index contributed by atoms with van der Waals surface area (Å²) in [6.07, 6.45) is 7.46. The van der Waals surface area contributed by atoms with Crippen molar-refractivity contribution in [3.05, 3.63) is 29.3 Å². The highest BCUT2D eigenvalue weighted by Crippen LogP contribution is 2.63. The average molecular weight is 573 g/mol. The number of aliphatic hydroxyl groups is 1. The minimum absolute atomic E-state index is 0.0306. The first kappa shape index (κ1) is 30.2. The van der Waals surface area contributed by atoms with Crippen LogP contribution in [0.25, 0.3) is 0 Å². The lowest BCUT2D eigenvalue weighted by Gasteiger charge is -2.53. The molecule has 2 N–H and O–H groups in total. The van der Waals surface area contributed by atoms with E-state index < -0.39 is 18.6 Å². The maximum Gasteiger partial charge on any atom is 0.529 e. The first-order valence-electron chi connectivity index (χ1n) is 14.1. The number of phosphoric ester groups is 1. The Morgan fingerprint density at radius 2 is 2.00 bits per heavy atom. The number of methoxy groups -OCH3 is 1. The van der Waals surface area contributed by atoms with Gasteiger partial charge >= 0.3 is 7.82 Å². The van der Waals surface area contributed by atoms with Gasteiger partial charge in [-0.3, -0.25) is 9.10 Å². The quantitative estimate of drug-likeness (QED) is 0.178. The molecular formula is C28H45O8PS. The van der Waals surface area contributed by atoms with Gasteiger partial charge in [-0.05, 0) is 104 Å². The summed E-state index contributed by atoms with van der Waals surface area (Å²) in [7, 11) is -3.56. The Hall–Kier alpha value is -0.800. The van der Waals surface area contributed by atoms with Crippen LogP contribution in [0.3, 0.4) is 0 Å². The minimum Gasteiger partial charge on any atom is -0.404 e. The van der Waals surface area contributed by atoms with Gasteiger partial charge < -0.3 is 19.1 Å². The Kier molecular flexibility index (Phi) is 10.5. The molecule has 4 rings (SSSR count). The third-order valence-electron chi connectivity index (χ3n) is 9.15. The van der Waals surface area contributed by atoms with Crippen molar-refractivity contribution in [2.45, 2.75) is 77.2 Å². The summed E-state index contributed by atoms with van der Waals surface area (Å²) in [4.78, 5) is 10.2. The highest BCUT2D eigenvalue weighted by atomic mass is 32.2. The van der Waals surface area contributed by atoms with Crippen LogP contribution in [0.1, 0.15) is 75.8 Å². The number of fused-ring (bicyclic) bond motifs is 5. The predicted molar refractivity (Wildman–Crippen MR) is 148 cm³/mol. The van der Waals surface area contributed by atoms with Gasteiger partial charge in [-0.2, -0.15) is 0 Å². The van der Waals surface area contributed by atoms with Gasteiger partial charge in [0.05, 0.1) is 19.3 Å². The van der Waals surface area contributed by atoms with E-state index in [-0.39, 0.29) is 24.9 Å². The third kappa shape index (κ3) is 6.91. The smallest absolute Gasteiger partial charge is 0.404 e. The Morgan fingerprint density at radius 1 is 1.18 bits per heavy atom. The molecule has 2 saturated carbocycles. The summed E-state index contributed by atoms with van der Waals surface area (Å²) in [5, 5.41) is 10.9. The van der Waals surface area contributed by atoms with E-state index in [9.17, 15) is 18.8 Å². The van der Waals surface area contributed by atoms with Crippen molar-refractivity contribution in [3.8, 4) is 5.75 Å². The highest BCUT2D eigenvalue weighted by molar-refractivity contribution is 7.84. The molecule has 216 valence electrons. The first-order chi connectivity index (χ1) is 18.2. The maximum atomic E-state index is 12.5. The molecule has 3 aliphatic carbocycles. The number of hydrogen-bond donors (Lipinski definition) is 2. The van der Waals surface area contributed by atoms with Crippen LogP contribution in [0, 0.1) is 23.2 Å². The second-order valence-electron chi connectivity index (χ2n) is 11.5. The van der Waals surface area contributed by atoms with Gasteiger partial charge in [0.15, 0.2) is 6.79 Å². The summed E-state index contributed by atoms with van der Waals surface area (Å²) in [5.74, 6) is 3.59. The van der Waals surface area contributed by atoms with Crippen LogP contribution < -0.4 is 4.52 Å². The van der Waals surface area contributed by atoms with E-state index in [4.69, 9.17) is 18.5 Å². The predicted octanol–water partition coefficient (Wildman–Crippen LogP) is 5.18. The summed E-state index contributed by atoms with van der Waals surface area (Å²) < 4.78 is 45.2. The van der Waals surface area contributed by atoms with Crippen molar-refractivity contribution in [1.29, 1.82) is 0 Å². The molecule has 8 atom stereocenters. The van der Waals surface area contributed by atoms with Crippen LogP contribution in [-0.4, -0.2) is 58.9 Å². The van der Waals surface area contributed by atoms with Crippen molar-refractivity contribution >= 4 is 18.6 Å². The molecule has 0 aliphatic heterocycles. The SMILES string of the molecule is CCCS(=O)CCC[C@@H]1Cc2cc(OP(=O)(O)OCOCCOC)ccc2[C@H]2CC[C@]3(C)[C@@H](O)CC[C@H]3[C@H]12. The Bertz CT molecular complexity index is 1010. The van der Waals surface area contributed by atoms with E-state index in [0.29, 0.717) is 36.0 Å². The molecule has 10 heteroatoms. The number of rotatable bonds is 14. The largest absolute Gasteiger partial charge is 0.529 e. The molecule has 0 radical (unpaired) electrons. The lowest BCUT2D eigenvalue weighted by molar-refractivity contribution is -0.0393. The topological polar surface area (TPSA) is 112 Å². The molecule has 0 aromatic heterocycles. The number of aliphatic hydroxyl groups excluding tert-OH is 1. The number of ether oxygens (including phenoxy) is 2. The molecule has 38 heavy (non-hydrogen) atoms. The van der Waals surface area contributed by atoms with Gasteiger partial charge in [-0.1, -0.05) is 19.9 Å². The van der Waals surface area contributed by atoms with E-state index in [1.807, 2.05) is 6.07 Å². The normalized spacial score (nSPS) is 32.6. The fraction of sp³-hybridized carbons (Fsp3) is 0.786. The standard InChI is InChI=1S/C28H45O8PS/c1-4-15-38(32)16-5-6-20-17-21-18-22(36-37(30,31)35-19-34-14-13-33-3)7-8-23(21)24-11-12-28(2)25(27(20)24)9-10-26(28)29/h7-8,18,20,24-27,29H,4-6,9-17,19H2,1-3H3,(H,30,31)/t20-,24-,25+,26+,27-,28+,38?/m1/s1. The lowest BCUT2D eigenvalue weighted by atomic mass is 9.52. The molecule has 2 unspecified atom stereocenters. The number of phosphoric acid groups is 1. The Balaban J connectivity index is 1.51. The Morgan fingerprint density at radius 3 is 2.76 bits per heavy atom. The third-order valence-corrected chi connectivity index (χ3v) is 11.6. The van der Waals surface area contributed by atoms with Crippen LogP contribution in [-0.2, 0) is 35.8 Å². The minimum atomic E-state index is -4.34. The van der Waals surface area contributed by atoms with Crippen LogP contribution >= 0.6 is 7.82 Å². The zero-order valence-corrected chi connectivity index (χ0v) is 24.7. The van der Waals surface area contributed by atoms with Gasteiger partial charge in [0.1, 0.15) is 5.75 Å². The second kappa shape index (κ2) is 13.2. The van der Waals surface area contributed by atoms with Crippen LogP contribution in [0.2, 0.25) is 0 Å². The monoisotopic (exact) mass is 572 g/mol. The molecule has 0 bridgehead atoms. The molecule has 0 saturated heterocycles. The fourth-order valence-electron chi connectivity index (χ4n) is 7.38. The summed E-state index contributed by atoms with van der Waals surface area (Å²) in [6, 6.07) is 5.71. The molecule has 2 fully saturated rings. The molecule has 1 aromatic carbocycles. The lowest BCUT2D eigenvalue weighted by Crippen LogP contribution is -2.47. The molecule has 0 amide bonds. The fourth-order valence-corrected chi connectivity index (χ4v) is 9.17. The Labute approximate surface area is 229 Å². The molecule has 3 aliphatic rings. The van der Waals surface area contributed by atoms with Crippen molar-refractivity contribution in [2.24, 2.45) is 23.2 Å². The van der Waals surface area contributed by atoms with Gasteiger partial charge in [0.25, 0.3) is 0 Å². The summed E-state index contributed by atoms with van der Waals surface area (Å²) in [5.41, 5.74) is 2.42. The average Bonchev–Trinajstić information content (AvgIpc) is 3.17. The number of benzene rings is 1. The van der Waals surface area contributed by atoms with E-state index in [0.717, 1.165) is 68.4 Å². The van der Waals surface area contributed by atoms with Gasteiger partial charge in [0, 0.05) is 29.4 Å². The molecule has 0 heterocycles. The van der Waals surface area contributed by atoms with E-state index in [2.05, 4.69) is 19.9 Å². The van der Waals surface area contributed by atoms with Crippen molar-refractivity contribution in [3.63, 3.8) is 0 Å². The zero-order chi connectivity index (χ0) is 27.3. The van der Waals surface area contributed by atoms with Gasteiger partial charge in [-0.15, -0.1) is 0 Å². The van der Waals surface area contributed by atoms with E-state index in [1.54, 1.807) is 13.2 Å². The van der Waals surface area contributed by atoms with E-state index >= 15 is 0 Å². The van der Waals surface area contributed by atoms with Crippen LogP contribution in [0.4, 0.5) is 0 Å². The van der Waals surface area contributed by atoms with Crippen molar-refractivity contribution in [1.82, 2.24) is 0 Å². The molecule has 1 aromatic rings. The van der Waals surface area contributed by atoms with Crippen molar-refractivity contribution in [2.75, 3.05) is 38.6 Å². The number of hydrogen-bond acceptors (Lipinski definition) is 7. The van der Waals surface area contributed by atoms with Gasteiger partial charge in [0.2, 0.25) is 0 Å². The second-order valence-corrected chi connectivity index (χ2v) is 14.5. The summed E-state index contributed by atoms with van der Waals surface area (Å²) >= 11 is 0. The van der Waals surface area contributed by atoms with Crippen molar-refractivity contribution < 1.29 is 37.3 Å². The highest BCUT2D eigenvalue weighted by Gasteiger charge is 2.56. The van der Waals surface area contributed by atoms with Gasteiger partial charge in [-0.25, -0.2) is 9.09 Å². The van der Waals surface area contributed by atoms with Crippen LogP contribution in [0.15, 0.2) is 18.2 Å². The van der Waals surface area contributed by atoms with E-state index in [1.165, 1.54) is 5.56 Å². The van der Waals surface area contributed by atoms with Crippen LogP contribution in [0.5, 0.6) is 5.75 Å². The summed E-state index contributed by atoms with van der Waals surface area (Å²) in [6.45, 7) is 4.60. The zero-order valence-electron chi connectivity index (χ0n) is 23.0. The molecular weight excluding hydrogens is 527 g/mol. The maximum absolute atomic E-state index is 12.5. The molecule has 0 spiro atoms. The molecule has 8 nitrogen and oxygen atoms in total. The first-order valence-corrected chi connectivity index (χ1v) is 17.1.